The third-order valence-electron chi connectivity index (χ3n) is 3.62. The molecule has 1 aromatic carbocycles. The van der Waals surface area contributed by atoms with Crippen molar-refractivity contribution in [1.82, 2.24) is 0 Å². The Bertz CT molecular complexity index is 399. The summed E-state index contributed by atoms with van der Waals surface area (Å²) in [7, 11) is 1.67. The summed E-state index contributed by atoms with van der Waals surface area (Å²) in [6, 6.07) is 5.97. The van der Waals surface area contributed by atoms with Gasteiger partial charge in [-0.05, 0) is 31.0 Å². The van der Waals surface area contributed by atoms with Gasteiger partial charge < -0.3 is 15.2 Å². The molecule has 1 fully saturated rings. The van der Waals surface area contributed by atoms with Gasteiger partial charge >= 0.3 is 0 Å². The molecule has 1 aromatic rings. The molecule has 3 nitrogen and oxygen atoms in total. The molecule has 80 valence electrons. The van der Waals surface area contributed by atoms with Gasteiger partial charge in [-0.15, -0.1) is 0 Å². The minimum absolute atomic E-state index is 0.108. The van der Waals surface area contributed by atoms with Crippen molar-refractivity contribution < 1.29 is 9.47 Å². The minimum atomic E-state index is 0.108. The third kappa shape index (κ3) is 1.23. The van der Waals surface area contributed by atoms with E-state index in [4.69, 9.17) is 15.2 Å². The lowest BCUT2D eigenvalue weighted by atomic mass is 9.88. The highest BCUT2D eigenvalue weighted by molar-refractivity contribution is 5.45. The summed E-state index contributed by atoms with van der Waals surface area (Å²) in [5, 5.41) is 0. The molecule has 2 aliphatic rings. The van der Waals surface area contributed by atoms with Gasteiger partial charge in [-0.3, -0.25) is 0 Å². The van der Waals surface area contributed by atoms with Crippen molar-refractivity contribution in [3.05, 3.63) is 23.8 Å². The number of rotatable bonds is 1. The topological polar surface area (TPSA) is 44.5 Å². The van der Waals surface area contributed by atoms with Crippen LogP contribution in [0, 0.1) is 5.41 Å². The highest BCUT2D eigenvalue weighted by atomic mass is 16.5. The summed E-state index contributed by atoms with van der Waals surface area (Å²) < 4.78 is 10.9. The minimum Gasteiger partial charge on any atom is -0.497 e. The molecule has 0 amide bonds. The van der Waals surface area contributed by atoms with Crippen LogP contribution in [0.2, 0.25) is 0 Å². The fourth-order valence-corrected chi connectivity index (χ4v) is 2.29. The zero-order chi connectivity index (χ0) is 10.5. The van der Waals surface area contributed by atoms with Crippen LogP contribution in [0.3, 0.4) is 0 Å². The first kappa shape index (κ1) is 9.04. The molecule has 0 saturated heterocycles. The van der Waals surface area contributed by atoms with Crippen LogP contribution in [0.25, 0.3) is 0 Å². The number of benzene rings is 1. The Labute approximate surface area is 89.2 Å². The summed E-state index contributed by atoms with van der Waals surface area (Å²) in [6.07, 6.45) is 2.37. The SMILES string of the molecule is COc1ccc2c(c1)C(N)C1(CC1)CO2. The smallest absolute Gasteiger partial charge is 0.124 e. The number of ether oxygens (including phenoxy) is 2. The van der Waals surface area contributed by atoms with Gasteiger partial charge in [0.05, 0.1) is 13.7 Å². The fourth-order valence-electron chi connectivity index (χ4n) is 2.29. The molecule has 1 spiro atoms. The zero-order valence-corrected chi connectivity index (χ0v) is 8.82. The van der Waals surface area contributed by atoms with E-state index in [1.807, 2.05) is 18.2 Å². The van der Waals surface area contributed by atoms with Gasteiger partial charge in [0, 0.05) is 17.0 Å². The molecule has 3 rings (SSSR count). The van der Waals surface area contributed by atoms with E-state index in [1.165, 1.54) is 12.8 Å². The molecule has 1 atom stereocenters. The van der Waals surface area contributed by atoms with Gasteiger partial charge in [-0.1, -0.05) is 0 Å². The first-order chi connectivity index (χ1) is 7.25. The first-order valence-electron chi connectivity index (χ1n) is 5.31. The van der Waals surface area contributed by atoms with E-state index in [0.717, 1.165) is 23.7 Å². The average Bonchev–Trinajstić information content (AvgIpc) is 3.05. The van der Waals surface area contributed by atoms with E-state index >= 15 is 0 Å². The highest BCUT2D eigenvalue weighted by Gasteiger charge is 2.52. The molecule has 1 saturated carbocycles. The van der Waals surface area contributed by atoms with E-state index in [0.29, 0.717) is 0 Å². The number of nitrogens with two attached hydrogens (primary N) is 1. The molecule has 1 heterocycles. The molecular formula is C12H15NO2. The number of hydrogen-bond donors (Lipinski definition) is 1. The molecule has 0 aromatic heterocycles. The van der Waals surface area contributed by atoms with E-state index in [2.05, 4.69) is 0 Å². The summed E-state index contributed by atoms with van der Waals surface area (Å²) in [5.74, 6) is 1.77. The Balaban J connectivity index is 2.04. The van der Waals surface area contributed by atoms with Crippen LogP contribution in [0.5, 0.6) is 11.5 Å². The monoisotopic (exact) mass is 205 g/mol. The van der Waals surface area contributed by atoms with Crippen LogP contribution in [0.4, 0.5) is 0 Å². The lowest BCUT2D eigenvalue weighted by molar-refractivity contribution is 0.177. The van der Waals surface area contributed by atoms with Crippen LogP contribution >= 0.6 is 0 Å². The van der Waals surface area contributed by atoms with Crippen LogP contribution < -0.4 is 15.2 Å². The van der Waals surface area contributed by atoms with Crippen molar-refractivity contribution in [3.8, 4) is 11.5 Å². The lowest BCUT2D eigenvalue weighted by Crippen LogP contribution is -2.32. The molecule has 1 unspecified atom stereocenters. The van der Waals surface area contributed by atoms with Crippen molar-refractivity contribution >= 4 is 0 Å². The highest BCUT2D eigenvalue weighted by Crippen LogP contribution is 2.57. The second-order valence-electron chi connectivity index (χ2n) is 4.53. The Morgan fingerprint density at radius 3 is 2.93 bits per heavy atom. The molecule has 0 bridgehead atoms. The van der Waals surface area contributed by atoms with Crippen molar-refractivity contribution in [2.45, 2.75) is 18.9 Å². The molecule has 1 aliphatic carbocycles. The molecule has 1 aliphatic heterocycles. The van der Waals surface area contributed by atoms with Crippen LogP contribution in [0.1, 0.15) is 24.4 Å². The predicted molar refractivity (Wildman–Crippen MR) is 57.1 cm³/mol. The quantitative estimate of drug-likeness (QED) is 0.761. The molecular weight excluding hydrogens is 190 g/mol. The maximum Gasteiger partial charge on any atom is 0.124 e. The molecule has 2 N–H and O–H groups in total. The molecule has 0 radical (unpaired) electrons. The zero-order valence-electron chi connectivity index (χ0n) is 8.82. The number of fused-ring (bicyclic) bond motifs is 1. The van der Waals surface area contributed by atoms with Crippen LogP contribution in [0.15, 0.2) is 18.2 Å². The normalized spacial score (nSPS) is 25.6. The van der Waals surface area contributed by atoms with Crippen LogP contribution in [-0.2, 0) is 0 Å². The summed E-state index contributed by atoms with van der Waals surface area (Å²) >= 11 is 0. The molecule has 3 heteroatoms. The third-order valence-corrected chi connectivity index (χ3v) is 3.62. The second kappa shape index (κ2) is 2.89. The standard InChI is InChI=1S/C12H15NO2/c1-14-8-2-3-10-9(6-8)11(13)12(4-5-12)7-15-10/h2-3,6,11H,4-5,7,13H2,1H3. The largest absolute Gasteiger partial charge is 0.497 e. The number of hydrogen-bond acceptors (Lipinski definition) is 3. The summed E-state index contributed by atoms with van der Waals surface area (Å²) in [6.45, 7) is 0.771. The number of methoxy groups -OCH3 is 1. The average molecular weight is 205 g/mol. The van der Waals surface area contributed by atoms with Crippen molar-refractivity contribution in [2.75, 3.05) is 13.7 Å². The lowest BCUT2D eigenvalue weighted by Gasteiger charge is -2.31. The van der Waals surface area contributed by atoms with Crippen molar-refractivity contribution in [2.24, 2.45) is 11.1 Å². The van der Waals surface area contributed by atoms with E-state index in [1.54, 1.807) is 7.11 Å². The van der Waals surface area contributed by atoms with Gasteiger partial charge in [-0.25, -0.2) is 0 Å². The predicted octanol–water partition coefficient (Wildman–Crippen LogP) is 1.87. The second-order valence-corrected chi connectivity index (χ2v) is 4.53. The van der Waals surface area contributed by atoms with Gasteiger partial charge in [0.1, 0.15) is 11.5 Å². The summed E-state index contributed by atoms with van der Waals surface area (Å²) in [4.78, 5) is 0. The Hall–Kier alpha value is -1.22. The van der Waals surface area contributed by atoms with E-state index in [-0.39, 0.29) is 11.5 Å². The van der Waals surface area contributed by atoms with Crippen molar-refractivity contribution in [3.63, 3.8) is 0 Å². The van der Waals surface area contributed by atoms with E-state index < -0.39 is 0 Å². The van der Waals surface area contributed by atoms with Gasteiger partial charge in [0.15, 0.2) is 0 Å². The van der Waals surface area contributed by atoms with Gasteiger partial charge in [-0.2, -0.15) is 0 Å². The van der Waals surface area contributed by atoms with Crippen molar-refractivity contribution in [1.29, 1.82) is 0 Å². The van der Waals surface area contributed by atoms with Gasteiger partial charge in [0.25, 0.3) is 0 Å². The Morgan fingerprint density at radius 2 is 2.27 bits per heavy atom. The maximum atomic E-state index is 6.27. The van der Waals surface area contributed by atoms with Gasteiger partial charge in [0.2, 0.25) is 0 Å². The Kier molecular flexibility index (Phi) is 1.74. The Morgan fingerprint density at radius 1 is 1.47 bits per heavy atom. The van der Waals surface area contributed by atoms with E-state index in [9.17, 15) is 0 Å². The maximum absolute atomic E-state index is 6.27. The molecule has 15 heavy (non-hydrogen) atoms. The fraction of sp³-hybridized carbons (Fsp3) is 0.500. The summed E-state index contributed by atoms with van der Waals surface area (Å²) in [5.41, 5.74) is 7.59. The van der Waals surface area contributed by atoms with Crippen LogP contribution in [-0.4, -0.2) is 13.7 Å². The first-order valence-corrected chi connectivity index (χ1v) is 5.31.